The van der Waals surface area contributed by atoms with Gasteiger partial charge in [-0.2, -0.15) is 0 Å². The number of nitrogens with one attached hydrogen (secondary N) is 1. The van der Waals surface area contributed by atoms with Gasteiger partial charge in [0.05, 0.1) is 20.3 Å². The van der Waals surface area contributed by atoms with Crippen molar-refractivity contribution in [2.45, 2.75) is 13.0 Å². The Morgan fingerprint density at radius 3 is 2.45 bits per heavy atom. The van der Waals surface area contributed by atoms with Gasteiger partial charge in [0.15, 0.2) is 0 Å². The summed E-state index contributed by atoms with van der Waals surface area (Å²) in [5.74, 6) is 1.58. The molecule has 0 aliphatic carbocycles. The number of pyridine rings is 1. The van der Waals surface area contributed by atoms with Crippen molar-refractivity contribution in [3.8, 4) is 11.5 Å². The van der Waals surface area contributed by atoms with Gasteiger partial charge in [-0.25, -0.2) is 0 Å². The first-order valence-electron chi connectivity index (χ1n) is 6.51. The molecule has 2 aromatic rings. The van der Waals surface area contributed by atoms with Gasteiger partial charge in [0, 0.05) is 23.5 Å². The Bertz CT molecular complexity index is 567. The van der Waals surface area contributed by atoms with Crippen LogP contribution in [0.25, 0.3) is 0 Å². The van der Waals surface area contributed by atoms with Crippen LogP contribution < -0.4 is 14.8 Å². The molecule has 0 radical (unpaired) electrons. The van der Waals surface area contributed by atoms with Crippen LogP contribution in [0.5, 0.6) is 11.5 Å². The zero-order chi connectivity index (χ0) is 14.5. The molecule has 0 aliphatic rings. The van der Waals surface area contributed by atoms with E-state index >= 15 is 0 Å². The lowest BCUT2D eigenvalue weighted by Crippen LogP contribution is -2.18. The molecule has 4 nitrogen and oxygen atoms in total. The predicted octanol–water partition coefficient (Wildman–Crippen LogP) is 2.72. The van der Waals surface area contributed by atoms with E-state index in [9.17, 15) is 0 Å². The molecule has 2 rings (SSSR count). The Morgan fingerprint density at radius 1 is 1.10 bits per heavy atom. The van der Waals surface area contributed by atoms with Gasteiger partial charge in [0.1, 0.15) is 11.5 Å². The number of rotatable bonds is 5. The fraction of sp³-hybridized carbons (Fsp3) is 0.312. The molecule has 0 saturated heterocycles. The first kappa shape index (κ1) is 14.3. The van der Waals surface area contributed by atoms with Crippen LogP contribution in [0.4, 0.5) is 0 Å². The average molecular weight is 272 g/mol. The molecule has 0 amide bonds. The highest BCUT2D eigenvalue weighted by atomic mass is 16.5. The number of hydrogen-bond donors (Lipinski definition) is 1. The largest absolute Gasteiger partial charge is 0.497 e. The van der Waals surface area contributed by atoms with E-state index in [1.54, 1.807) is 14.2 Å². The van der Waals surface area contributed by atoms with E-state index in [1.165, 1.54) is 0 Å². The smallest absolute Gasteiger partial charge is 0.127 e. The van der Waals surface area contributed by atoms with Crippen LogP contribution in [0.3, 0.4) is 0 Å². The monoisotopic (exact) mass is 272 g/mol. The number of aryl methyl sites for hydroxylation is 1. The lowest BCUT2D eigenvalue weighted by molar-refractivity contribution is 0.388. The van der Waals surface area contributed by atoms with Crippen LogP contribution in [-0.4, -0.2) is 26.3 Å². The molecule has 106 valence electrons. The molecule has 1 atom stereocenters. The third-order valence-electron chi connectivity index (χ3n) is 3.31. The normalized spacial score (nSPS) is 12.0. The average Bonchev–Trinajstić information content (AvgIpc) is 2.50. The minimum atomic E-state index is 0.0314. The minimum absolute atomic E-state index is 0.0314. The number of nitrogens with zero attached hydrogens (tertiary/aromatic N) is 1. The number of aromatic nitrogens is 1. The van der Waals surface area contributed by atoms with Gasteiger partial charge in [-0.05, 0) is 37.7 Å². The summed E-state index contributed by atoms with van der Waals surface area (Å²) in [6, 6.07) is 9.95. The fourth-order valence-corrected chi connectivity index (χ4v) is 2.21. The molecule has 1 aromatic heterocycles. The van der Waals surface area contributed by atoms with Gasteiger partial charge >= 0.3 is 0 Å². The second-order valence-corrected chi connectivity index (χ2v) is 4.56. The summed E-state index contributed by atoms with van der Waals surface area (Å²) in [5.41, 5.74) is 3.16. The summed E-state index contributed by atoms with van der Waals surface area (Å²) in [7, 11) is 5.24. The molecule has 1 unspecified atom stereocenters. The number of ether oxygens (including phenoxy) is 2. The zero-order valence-corrected chi connectivity index (χ0v) is 12.3. The van der Waals surface area contributed by atoms with Crippen molar-refractivity contribution < 1.29 is 9.47 Å². The second-order valence-electron chi connectivity index (χ2n) is 4.56. The lowest BCUT2D eigenvalue weighted by atomic mass is 9.99. The first-order chi connectivity index (χ1) is 9.69. The molecular formula is C16H20N2O2. The van der Waals surface area contributed by atoms with Crippen LogP contribution in [0.1, 0.15) is 22.9 Å². The number of methoxy groups -OCH3 is 2. The Labute approximate surface area is 119 Å². The lowest BCUT2D eigenvalue weighted by Gasteiger charge is -2.20. The van der Waals surface area contributed by atoms with E-state index in [0.717, 1.165) is 28.3 Å². The quantitative estimate of drug-likeness (QED) is 0.909. The van der Waals surface area contributed by atoms with Gasteiger partial charge in [-0.3, -0.25) is 4.98 Å². The van der Waals surface area contributed by atoms with E-state index in [0.29, 0.717) is 0 Å². The maximum atomic E-state index is 5.48. The van der Waals surface area contributed by atoms with Crippen molar-refractivity contribution in [1.29, 1.82) is 0 Å². The Balaban J connectivity index is 2.43. The van der Waals surface area contributed by atoms with Gasteiger partial charge in [-0.15, -0.1) is 0 Å². The molecule has 0 fully saturated rings. The first-order valence-corrected chi connectivity index (χ1v) is 6.51. The Morgan fingerprint density at radius 2 is 1.90 bits per heavy atom. The van der Waals surface area contributed by atoms with Crippen molar-refractivity contribution >= 4 is 0 Å². The van der Waals surface area contributed by atoms with E-state index in [1.807, 2.05) is 44.4 Å². The van der Waals surface area contributed by atoms with E-state index < -0.39 is 0 Å². The summed E-state index contributed by atoms with van der Waals surface area (Å²) < 4.78 is 10.7. The molecule has 1 heterocycles. The molecule has 20 heavy (non-hydrogen) atoms. The predicted molar refractivity (Wildman–Crippen MR) is 79.4 cm³/mol. The summed E-state index contributed by atoms with van der Waals surface area (Å²) >= 11 is 0. The Kier molecular flexibility index (Phi) is 4.58. The van der Waals surface area contributed by atoms with Crippen LogP contribution >= 0.6 is 0 Å². The van der Waals surface area contributed by atoms with Crippen molar-refractivity contribution in [2.75, 3.05) is 21.3 Å². The van der Waals surface area contributed by atoms with E-state index in [4.69, 9.17) is 9.47 Å². The van der Waals surface area contributed by atoms with Crippen molar-refractivity contribution in [3.05, 3.63) is 53.3 Å². The molecule has 4 heteroatoms. The molecule has 0 saturated carbocycles. The molecule has 1 aromatic carbocycles. The standard InChI is InChI=1S/C16H20N2O2/c1-11-5-6-12(10-18-11)16(17-2)14-8-7-13(19-3)9-15(14)20-4/h5-10,16-17H,1-4H3. The van der Waals surface area contributed by atoms with Crippen LogP contribution in [0.15, 0.2) is 36.5 Å². The highest BCUT2D eigenvalue weighted by molar-refractivity contribution is 5.45. The van der Waals surface area contributed by atoms with Gasteiger partial charge in [0.25, 0.3) is 0 Å². The van der Waals surface area contributed by atoms with Crippen LogP contribution in [0.2, 0.25) is 0 Å². The highest BCUT2D eigenvalue weighted by Crippen LogP contribution is 2.32. The SMILES string of the molecule is CNC(c1ccc(C)nc1)c1ccc(OC)cc1OC. The van der Waals surface area contributed by atoms with Crippen molar-refractivity contribution in [2.24, 2.45) is 0 Å². The summed E-state index contributed by atoms with van der Waals surface area (Å²) in [4.78, 5) is 4.36. The molecule has 1 N–H and O–H groups in total. The number of benzene rings is 1. The maximum Gasteiger partial charge on any atom is 0.127 e. The van der Waals surface area contributed by atoms with Gasteiger partial charge < -0.3 is 14.8 Å². The third kappa shape index (κ3) is 2.91. The van der Waals surface area contributed by atoms with Crippen LogP contribution in [-0.2, 0) is 0 Å². The minimum Gasteiger partial charge on any atom is -0.497 e. The summed E-state index contributed by atoms with van der Waals surface area (Å²) in [5, 5.41) is 3.31. The molecule has 0 bridgehead atoms. The summed E-state index contributed by atoms with van der Waals surface area (Å²) in [6.45, 7) is 1.98. The van der Waals surface area contributed by atoms with Gasteiger partial charge in [-0.1, -0.05) is 6.07 Å². The molecular weight excluding hydrogens is 252 g/mol. The summed E-state index contributed by atoms with van der Waals surface area (Å²) in [6.07, 6.45) is 1.89. The third-order valence-corrected chi connectivity index (χ3v) is 3.31. The fourth-order valence-electron chi connectivity index (χ4n) is 2.21. The number of hydrogen-bond acceptors (Lipinski definition) is 4. The second kappa shape index (κ2) is 6.39. The van der Waals surface area contributed by atoms with Crippen molar-refractivity contribution in [3.63, 3.8) is 0 Å². The molecule has 0 spiro atoms. The maximum absolute atomic E-state index is 5.48. The topological polar surface area (TPSA) is 43.4 Å². The van der Waals surface area contributed by atoms with Crippen LogP contribution in [0, 0.1) is 6.92 Å². The molecule has 0 aliphatic heterocycles. The Hall–Kier alpha value is -2.07. The van der Waals surface area contributed by atoms with Gasteiger partial charge in [0.2, 0.25) is 0 Å². The van der Waals surface area contributed by atoms with Crippen molar-refractivity contribution in [1.82, 2.24) is 10.3 Å². The zero-order valence-electron chi connectivity index (χ0n) is 12.3. The van der Waals surface area contributed by atoms with E-state index in [-0.39, 0.29) is 6.04 Å². The highest BCUT2D eigenvalue weighted by Gasteiger charge is 2.17. The van der Waals surface area contributed by atoms with E-state index in [2.05, 4.69) is 16.4 Å².